The van der Waals surface area contributed by atoms with Gasteiger partial charge in [0.15, 0.2) is 0 Å². The normalized spacial score (nSPS) is 54.9. The van der Waals surface area contributed by atoms with E-state index in [1.165, 1.54) is 0 Å². The third kappa shape index (κ3) is 2.69. The molecule has 4 aliphatic carbocycles. The lowest BCUT2D eigenvalue weighted by molar-refractivity contribution is -0.179. The van der Waals surface area contributed by atoms with Gasteiger partial charge in [-0.15, -0.1) is 0 Å². The lowest BCUT2D eigenvalue weighted by atomic mass is 9.47. The third-order valence-electron chi connectivity index (χ3n) is 9.25. The average Bonchev–Trinajstić information content (AvgIpc) is 2.93. The van der Waals surface area contributed by atoms with E-state index in [9.17, 15) is 10.2 Å². The molecule has 0 aromatic rings. The van der Waals surface area contributed by atoms with Crippen molar-refractivity contribution in [2.45, 2.75) is 89.0 Å². The first-order valence-corrected chi connectivity index (χ1v) is 10.8. The van der Waals surface area contributed by atoms with E-state index in [1.54, 1.807) is 7.11 Å². The van der Waals surface area contributed by atoms with Crippen molar-refractivity contribution in [2.75, 3.05) is 13.7 Å². The van der Waals surface area contributed by atoms with Crippen LogP contribution in [0.3, 0.4) is 0 Å². The maximum atomic E-state index is 16.4. The maximum absolute atomic E-state index is 16.4. The molecule has 3 unspecified atom stereocenters. The van der Waals surface area contributed by atoms with Gasteiger partial charge in [0.2, 0.25) is 0 Å². The van der Waals surface area contributed by atoms with Gasteiger partial charge in [-0.3, -0.25) is 0 Å². The van der Waals surface area contributed by atoms with Crippen molar-refractivity contribution in [2.24, 2.45) is 35.0 Å². The van der Waals surface area contributed by atoms with Crippen LogP contribution in [0.5, 0.6) is 0 Å². The standard InChI is InChI=1S/C22H37FO3/c1-14(24)17-6-7-18-16-5-4-15-12-21(25,13-26-3)10-11-22(15,23)19(16)8-9-20(17,18)2/h14-19,24-25H,4-13H2,1-3H3/t14?,15-,16+,17?,18+,19?,20-,21-,22-/m1/s1. The number of hydrogen-bond acceptors (Lipinski definition) is 3. The lowest BCUT2D eigenvalue weighted by Gasteiger charge is -2.59. The molecule has 4 heteroatoms. The van der Waals surface area contributed by atoms with Crippen molar-refractivity contribution in [3.63, 3.8) is 0 Å². The third-order valence-corrected chi connectivity index (χ3v) is 9.25. The molecule has 3 nitrogen and oxygen atoms in total. The van der Waals surface area contributed by atoms with Crippen molar-refractivity contribution in [1.82, 2.24) is 0 Å². The van der Waals surface area contributed by atoms with Crippen LogP contribution in [0.1, 0.15) is 71.6 Å². The summed E-state index contributed by atoms with van der Waals surface area (Å²) in [4.78, 5) is 0. The Balaban J connectivity index is 1.56. The summed E-state index contributed by atoms with van der Waals surface area (Å²) in [5, 5.41) is 21.1. The molecule has 0 heterocycles. The van der Waals surface area contributed by atoms with Gasteiger partial charge in [0.25, 0.3) is 0 Å². The Hall–Kier alpha value is -0.190. The molecular formula is C22H37FO3. The van der Waals surface area contributed by atoms with Crippen LogP contribution in [-0.4, -0.2) is 41.3 Å². The minimum absolute atomic E-state index is 0.0176. The van der Waals surface area contributed by atoms with Gasteiger partial charge in [-0.2, -0.15) is 0 Å². The number of methoxy groups -OCH3 is 1. The summed E-state index contributed by atoms with van der Waals surface area (Å²) in [5.74, 6) is 1.54. The molecule has 9 atom stereocenters. The Morgan fingerprint density at radius 2 is 1.85 bits per heavy atom. The Morgan fingerprint density at radius 3 is 2.54 bits per heavy atom. The van der Waals surface area contributed by atoms with Crippen LogP contribution >= 0.6 is 0 Å². The fraction of sp³-hybridized carbons (Fsp3) is 1.00. The van der Waals surface area contributed by atoms with E-state index in [0.29, 0.717) is 43.6 Å². The summed E-state index contributed by atoms with van der Waals surface area (Å²) >= 11 is 0. The van der Waals surface area contributed by atoms with E-state index in [2.05, 4.69) is 6.92 Å². The number of fused-ring (bicyclic) bond motifs is 5. The molecule has 2 N–H and O–H groups in total. The maximum Gasteiger partial charge on any atom is 0.117 e. The number of halogens is 1. The Morgan fingerprint density at radius 1 is 1.08 bits per heavy atom. The topological polar surface area (TPSA) is 49.7 Å². The summed E-state index contributed by atoms with van der Waals surface area (Å²) in [6.07, 6.45) is 7.56. The summed E-state index contributed by atoms with van der Waals surface area (Å²) in [7, 11) is 1.62. The van der Waals surface area contributed by atoms with Crippen LogP contribution in [0.4, 0.5) is 4.39 Å². The van der Waals surface area contributed by atoms with E-state index in [0.717, 1.165) is 38.5 Å². The highest BCUT2D eigenvalue weighted by Crippen LogP contribution is 2.66. The highest BCUT2D eigenvalue weighted by atomic mass is 19.1. The molecule has 0 saturated heterocycles. The van der Waals surface area contributed by atoms with E-state index in [4.69, 9.17) is 4.74 Å². The molecule has 26 heavy (non-hydrogen) atoms. The first-order chi connectivity index (χ1) is 12.2. The Labute approximate surface area is 157 Å². The number of ether oxygens (including phenoxy) is 1. The molecule has 0 spiro atoms. The molecule has 150 valence electrons. The second-order valence-corrected chi connectivity index (χ2v) is 10.4. The molecule has 0 aromatic heterocycles. The van der Waals surface area contributed by atoms with Crippen molar-refractivity contribution in [3.05, 3.63) is 0 Å². The molecule has 0 amide bonds. The Bertz CT molecular complexity index is 539. The van der Waals surface area contributed by atoms with Gasteiger partial charge in [-0.05, 0) is 99.7 Å². The monoisotopic (exact) mass is 368 g/mol. The highest BCUT2D eigenvalue weighted by molar-refractivity contribution is 5.13. The summed E-state index contributed by atoms with van der Waals surface area (Å²) in [5.41, 5.74) is -1.76. The van der Waals surface area contributed by atoms with Crippen molar-refractivity contribution >= 4 is 0 Å². The minimum atomic E-state index is -1.10. The SMILES string of the molecule is COC[C@@]1(O)CC[C@]2(F)C3CC[C@]4(C)C(C(C)O)CC[C@H]4[C@@H]3CC[C@@H]2C1. The van der Waals surface area contributed by atoms with Gasteiger partial charge in [-0.1, -0.05) is 6.92 Å². The molecule has 4 saturated carbocycles. The fourth-order valence-corrected chi connectivity index (χ4v) is 8.10. The lowest BCUT2D eigenvalue weighted by Crippen LogP contribution is -2.59. The predicted molar refractivity (Wildman–Crippen MR) is 99.5 cm³/mol. The highest BCUT2D eigenvalue weighted by Gasteiger charge is 2.63. The second kappa shape index (κ2) is 6.42. The predicted octanol–water partition coefficient (Wildman–Crippen LogP) is 4.11. The van der Waals surface area contributed by atoms with Crippen LogP contribution in [-0.2, 0) is 4.74 Å². The fourth-order valence-electron chi connectivity index (χ4n) is 8.10. The largest absolute Gasteiger partial charge is 0.393 e. The minimum Gasteiger partial charge on any atom is -0.393 e. The second-order valence-electron chi connectivity index (χ2n) is 10.4. The summed E-state index contributed by atoms with van der Waals surface area (Å²) in [6.45, 7) is 4.63. The van der Waals surface area contributed by atoms with Gasteiger partial charge >= 0.3 is 0 Å². The molecule has 4 rings (SSSR count). The van der Waals surface area contributed by atoms with E-state index >= 15 is 4.39 Å². The Kier molecular flexibility index (Phi) is 4.73. The average molecular weight is 369 g/mol. The molecule has 4 aliphatic rings. The summed E-state index contributed by atoms with van der Waals surface area (Å²) < 4.78 is 21.6. The van der Waals surface area contributed by atoms with Gasteiger partial charge in [0.1, 0.15) is 5.67 Å². The van der Waals surface area contributed by atoms with Crippen molar-refractivity contribution in [3.8, 4) is 0 Å². The van der Waals surface area contributed by atoms with Gasteiger partial charge in [-0.25, -0.2) is 4.39 Å². The molecular weight excluding hydrogens is 331 g/mol. The first-order valence-electron chi connectivity index (χ1n) is 10.8. The van der Waals surface area contributed by atoms with Crippen LogP contribution in [0.2, 0.25) is 0 Å². The van der Waals surface area contributed by atoms with Crippen molar-refractivity contribution in [1.29, 1.82) is 0 Å². The zero-order valence-corrected chi connectivity index (χ0v) is 16.7. The molecule has 4 fully saturated rings. The molecule has 0 bridgehead atoms. The van der Waals surface area contributed by atoms with Gasteiger partial charge in [0, 0.05) is 7.11 Å². The van der Waals surface area contributed by atoms with Crippen molar-refractivity contribution < 1.29 is 19.3 Å². The first kappa shape index (κ1) is 19.1. The zero-order valence-electron chi connectivity index (χ0n) is 16.7. The number of aliphatic hydroxyl groups excluding tert-OH is 1. The van der Waals surface area contributed by atoms with Crippen LogP contribution in [0.25, 0.3) is 0 Å². The van der Waals surface area contributed by atoms with Gasteiger partial charge < -0.3 is 14.9 Å². The van der Waals surface area contributed by atoms with Gasteiger partial charge in [0.05, 0.1) is 18.3 Å². The van der Waals surface area contributed by atoms with Crippen LogP contribution in [0, 0.1) is 35.0 Å². The molecule has 0 aliphatic heterocycles. The molecule has 0 radical (unpaired) electrons. The van der Waals surface area contributed by atoms with Crippen LogP contribution < -0.4 is 0 Å². The quantitative estimate of drug-likeness (QED) is 0.788. The van der Waals surface area contributed by atoms with E-state index in [1.807, 2.05) is 6.92 Å². The number of hydrogen-bond donors (Lipinski definition) is 2. The van der Waals surface area contributed by atoms with E-state index in [-0.39, 0.29) is 23.4 Å². The smallest absolute Gasteiger partial charge is 0.117 e. The molecule has 0 aromatic carbocycles. The van der Waals surface area contributed by atoms with E-state index < -0.39 is 11.3 Å². The zero-order chi connectivity index (χ0) is 18.7. The summed E-state index contributed by atoms with van der Waals surface area (Å²) in [6, 6.07) is 0. The van der Waals surface area contributed by atoms with Crippen LogP contribution in [0.15, 0.2) is 0 Å². The number of aliphatic hydroxyl groups is 2. The number of rotatable bonds is 3. The number of alkyl halides is 1.